The lowest BCUT2D eigenvalue weighted by Crippen LogP contribution is -2.29. The minimum atomic E-state index is -3.78. The van der Waals surface area contributed by atoms with Crippen molar-refractivity contribution in [1.29, 1.82) is 0 Å². The van der Waals surface area contributed by atoms with Crippen LogP contribution in [0.15, 0.2) is 53.4 Å². The zero-order valence-electron chi connectivity index (χ0n) is 14.7. The predicted molar refractivity (Wildman–Crippen MR) is 104 cm³/mol. The van der Waals surface area contributed by atoms with Crippen molar-refractivity contribution in [2.75, 3.05) is 19.7 Å². The molecule has 1 fully saturated rings. The van der Waals surface area contributed by atoms with Crippen LogP contribution in [0.25, 0.3) is 0 Å². The molecular weight excluding hydrogens is 388 g/mol. The van der Waals surface area contributed by atoms with Crippen molar-refractivity contribution in [1.82, 2.24) is 10.0 Å². The van der Waals surface area contributed by atoms with E-state index in [1.54, 1.807) is 12.1 Å². The molecule has 0 aliphatic heterocycles. The van der Waals surface area contributed by atoms with Gasteiger partial charge in [0, 0.05) is 13.1 Å². The third-order valence-electron chi connectivity index (χ3n) is 4.15. The van der Waals surface area contributed by atoms with E-state index >= 15 is 0 Å². The Labute approximate surface area is 163 Å². The van der Waals surface area contributed by atoms with Gasteiger partial charge in [0.1, 0.15) is 12.4 Å². The number of ether oxygens (including phenoxy) is 1. The van der Waals surface area contributed by atoms with E-state index in [2.05, 4.69) is 10.0 Å². The van der Waals surface area contributed by atoms with Crippen LogP contribution in [0, 0.1) is 5.92 Å². The Kier molecular flexibility index (Phi) is 6.36. The fourth-order valence-electron chi connectivity index (χ4n) is 2.44. The number of carbonyl (C=O) groups excluding carboxylic acids is 1. The van der Waals surface area contributed by atoms with Crippen LogP contribution in [0.4, 0.5) is 0 Å². The molecule has 27 heavy (non-hydrogen) atoms. The van der Waals surface area contributed by atoms with Gasteiger partial charge in [-0.2, -0.15) is 0 Å². The second-order valence-corrected chi connectivity index (χ2v) is 8.53. The third kappa shape index (κ3) is 5.69. The first-order chi connectivity index (χ1) is 13.0. The Hall–Kier alpha value is -2.09. The van der Waals surface area contributed by atoms with Crippen molar-refractivity contribution < 1.29 is 17.9 Å². The SMILES string of the molecule is O=C(NCC1CC1)c1cc(S(=O)(=O)NCCOc2ccccc2)ccc1Cl. The highest BCUT2D eigenvalue weighted by molar-refractivity contribution is 7.89. The summed E-state index contributed by atoms with van der Waals surface area (Å²) in [5, 5.41) is 3.01. The monoisotopic (exact) mass is 408 g/mol. The van der Waals surface area contributed by atoms with Gasteiger partial charge in [0.2, 0.25) is 10.0 Å². The molecule has 0 unspecified atom stereocenters. The Morgan fingerprint density at radius 1 is 1.15 bits per heavy atom. The van der Waals surface area contributed by atoms with Gasteiger partial charge in [0.25, 0.3) is 5.91 Å². The lowest BCUT2D eigenvalue weighted by Gasteiger charge is -2.11. The van der Waals surface area contributed by atoms with E-state index in [1.165, 1.54) is 18.2 Å². The lowest BCUT2D eigenvalue weighted by atomic mass is 10.2. The number of carbonyl (C=O) groups is 1. The van der Waals surface area contributed by atoms with E-state index in [0.29, 0.717) is 18.2 Å². The molecule has 0 saturated heterocycles. The number of para-hydroxylation sites is 1. The number of rotatable bonds is 9. The molecule has 144 valence electrons. The number of nitrogens with one attached hydrogen (secondary N) is 2. The van der Waals surface area contributed by atoms with E-state index in [1.807, 2.05) is 18.2 Å². The Morgan fingerprint density at radius 2 is 1.89 bits per heavy atom. The highest BCUT2D eigenvalue weighted by atomic mass is 35.5. The molecule has 1 aliphatic carbocycles. The molecule has 1 saturated carbocycles. The summed E-state index contributed by atoms with van der Waals surface area (Å²) in [5.41, 5.74) is 0.153. The zero-order valence-corrected chi connectivity index (χ0v) is 16.2. The average molecular weight is 409 g/mol. The molecule has 0 bridgehead atoms. The summed E-state index contributed by atoms with van der Waals surface area (Å²) >= 11 is 6.07. The van der Waals surface area contributed by atoms with Crippen molar-refractivity contribution in [3.8, 4) is 5.75 Å². The zero-order chi connectivity index (χ0) is 19.3. The first kappa shape index (κ1) is 19.7. The number of sulfonamides is 1. The van der Waals surface area contributed by atoms with Crippen LogP contribution in [-0.4, -0.2) is 34.0 Å². The Morgan fingerprint density at radius 3 is 2.59 bits per heavy atom. The fraction of sp³-hybridized carbons (Fsp3) is 0.316. The average Bonchev–Trinajstić information content (AvgIpc) is 3.49. The van der Waals surface area contributed by atoms with E-state index < -0.39 is 10.0 Å². The van der Waals surface area contributed by atoms with Gasteiger partial charge in [-0.15, -0.1) is 0 Å². The summed E-state index contributed by atoms with van der Waals surface area (Å²) < 4.78 is 32.9. The van der Waals surface area contributed by atoms with Gasteiger partial charge in [0.05, 0.1) is 15.5 Å². The fourth-order valence-corrected chi connectivity index (χ4v) is 3.69. The van der Waals surface area contributed by atoms with E-state index in [0.717, 1.165) is 12.8 Å². The van der Waals surface area contributed by atoms with Crippen LogP contribution in [0.1, 0.15) is 23.2 Å². The summed E-state index contributed by atoms with van der Waals surface area (Å²) in [4.78, 5) is 12.3. The number of benzene rings is 2. The minimum Gasteiger partial charge on any atom is -0.492 e. The standard InChI is InChI=1S/C19H21ClN2O4S/c20-18-9-8-16(12-17(18)19(23)21-13-14-6-7-14)27(24,25)22-10-11-26-15-4-2-1-3-5-15/h1-5,8-9,12,14,22H,6-7,10-11,13H2,(H,21,23). The Bertz CT molecular complexity index is 899. The van der Waals surface area contributed by atoms with Crippen LogP contribution in [0.3, 0.4) is 0 Å². The normalized spacial score (nSPS) is 14.0. The maximum absolute atomic E-state index is 12.5. The highest BCUT2D eigenvalue weighted by Gasteiger charge is 2.23. The summed E-state index contributed by atoms with van der Waals surface area (Å²) in [7, 11) is -3.78. The van der Waals surface area contributed by atoms with Crippen molar-refractivity contribution >= 4 is 27.5 Å². The van der Waals surface area contributed by atoms with Crippen LogP contribution >= 0.6 is 11.6 Å². The van der Waals surface area contributed by atoms with Crippen LogP contribution in [0.2, 0.25) is 5.02 Å². The number of hydrogen-bond acceptors (Lipinski definition) is 4. The van der Waals surface area contributed by atoms with E-state index in [9.17, 15) is 13.2 Å². The number of amides is 1. The quantitative estimate of drug-likeness (QED) is 0.625. The second kappa shape index (κ2) is 8.73. The molecule has 0 atom stereocenters. The molecule has 0 radical (unpaired) electrons. The van der Waals surface area contributed by atoms with Gasteiger partial charge in [-0.1, -0.05) is 29.8 Å². The van der Waals surface area contributed by atoms with Crippen molar-refractivity contribution in [2.24, 2.45) is 5.92 Å². The molecule has 8 heteroatoms. The molecule has 0 heterocycles. The van der Waals surface area contributed by atoms with Crippen molar-refractivity contribution in [2.45, 2.75) is 17.7 Å². The molecule has 6 nitrogen and oxygen atoms in total. The number of halogens is 1. The van der Waals surface area contributed by atoms with Gasteiger partial charge in [-0.3, -0.25) is 4.79 Å². The lowest BCUT2D eigenvalue weighted by molar-refractivity contribution is 0.0951. The molecule has 3 rings (SSSR count). The van der Waals surface area contributed by atoms with Crippen molar-refractivity contribution in [3.05, 3.63) is 59.1 Å². The van der Waals surface area contributed by atoms with Crippen LogP contribution < -0.4 is 14.8 Å². The first-order valence-corrected chi connectivity index (χ1v) is 10.6. The van der Waals surface area contributed by atoms with E-state index in [-0.39, 0.29) is 34.5 Å². The molecule has 1 aliphatic rings. The summed E-state index contributed by atoms with van der Waals surface area (Å²) in [6.45, 7) is 0.871. The van der Waals surface area contributed by atoms with Gasteiger partial charge >= 0.3 is 0 Å². The minimum absolute atomic E-state index is 0.0109. The van der Waals surface area contributed by atoms with Gasteiger partial charge in [-0.05, 0) is 49.1 Å². The molecule has 2 aromatic carbocycles. The largest absolute Gasteiger partial charge is 0.492 e. The smallest absolute Gasteiger partial charge is 0.252 e. The summed E-state index contributed by atoms with van der Waals surface area (Å²) in [5.74, 6) is 0.820. The van der Waals surface area contributed by atoms with Crippen LogP contribution in [0.5, 0.6) is 5.75 Å². The topological polar surface area (TPSA) is 84.5 Å². The molecule has 2 N–H and O–H groups in total. The number of hydrogen-bond donors (Lipinski definition) is 2. The van der Waals surface area contributed by atoms with Crippen LogP contribution in [-0.2, 0) is 10.0 Å². The predicted octanol–water partition coefficient (Wildman–Crippen LogP) is 2.84. The molecule has 1 amide bonds. The maximum Gasteiger partial charge on any atom is 0.252 e. The first-order valence-electron chi connectivity index (χ1n) is 8.71. The molecular formula is C19H21ClN2O4S. The van der Waals surface area contributed by atoms with Gasteiger partial charge in [-0.25, -0.2) is 13.1 Å². The molecule has 0 spiro atoms. The summed E-state index contributed by atoms with van der Waals surface area (Å²) in [6.07, 6.45) is 2.22. The molecule has 0 aromatic heterocycles. The van der Waals surface area contributed by atoms with Gasteiger partial charge in [0.15, 0.2) is 0 Å². The maximum atomic E-state index is 12.5. The summed E-state index contributed by atoms with van der Waals surface area (Å²) in [6, 6.07) is 13.2. The highest BCUT2D eigenvalue weighted by Crippen LogP contribution is 2.28. The molecule has 2 aromatic rings. The Balaban J connectivity index is 1.59. The third-order valence-corrected chi connectivity index (χ3v) is 5.94. The second-order valence-electron chi connectivity index (χ2n) is 6.35. The van der Waals surface area contributed by atoms with Crippen molar-refractivity contribution in [3.63, 3.8) is 0 Å². The van der Waals surface area contributed by atoms with Gasteiger partial charge < -0.3 is 10.1 Å². The van der Waals surface area contributed by atoms with E-state index in [4.69, 9.17) is 16.3 Å².